The summed E-state index contributed by atoms with van der Waals surface area (Å²) in [5, 5.41) is 0. The topological polar surface area (TPSA) is 43.9 Å². The van der Waals surface area contributed by atoms with Crippen LogP contribution in [0.25, 0.3) is 0 Å². The number of piperazine rings is 1. The molecular weight excluding hydrogens is 388 g/mol. The largest absolute Gasteiger partial charge is 0.338 e. The second kappa shape index (κ2) is 8.92. The van der Waals surface area contributed by atoms with E-state index in [9.17, 15) is 18.4 Å². The van der Waals surface area contributed by atoms with Gasteiger partial charge >= 0.3 is 0 Å². The molecule has 4 rings (SSSR count). The highest BCUT2D eigenvalue weighted by Crippen LogP contribution is 2.23. The second-order valence-corrected chi connectivity index (χ2v) is 7.90. The minimum absolute atomic E-state index is 0.0106. The van der Waals surface area contributed by atoms with Crippen LogP contribution in [0.5, 0.6) is 0 Å². The van der Waals surface area contributed by atoms with Crippen LogP contribution in [-0.2, 0) is 16.1 Å². The van der Waals surface area contributed by atoms with Crippen LogP contribution in [0.15, 0.2) is 48.5 Å². The second-order valence-electron chi connectivity index (χ2n) is 7.90. The number of benzene rings is 2. The molecule has 30 heavy (non-hydrogen) atoms. The molecule has 0 spiro atoms. The van der Waals surface area contributed by atoms with Crippen LogP contribution >= 0.6 is 0 Å². The van der Waals surface area contributed by atoms with Crippen molar-refractivity contribution in [2.45, 2.75) is 31.8 Å². The van der Waals surface area contributed by atoms with Crippen molar-refractivity contribution in [2.24, 2.45) is 0 Å². The number of carbonyl (C=O) groups is 2. The third-order valence-corrected chi connectivity index (χ3v) is 5.97. The number of anilines is 1. The summed E-state index contributed by atoms with van der Waals surface area (Å²) in [7, 11) is 0. The third kappa shape index (κ3) is 4.51. The number of amides is 2. The molecule has 0 aliphatic carbocycles. The number of hydrogen-bond donors (Lipinski definition) is 0. The highest BCUT2D eigenvalue weighted by atomic mass is 19.2. The van der Waals surface area contributed by atoms with Gasteiger partial charge in [0.2, 0.25) is 11.8 Å². The van der Waals surface area contributed by atoms with Gasteiger partial charge in [-0.15, -0.1) is 0 Å². The Hall–Kier alpha value is -2.80. The van der Waals surface area contributed by atoms with E-state index in [0.29, 0.717) is 38.0 Å². The zero-order valence-corrected chi connectivity index (χ0v) is 16.8. The number of rotatable bonds is 4. The van der Waals surface area contributed by atoms with E-state index in [1.54, 1.807) is 4.90 Å². The predicted octanol–water partition coefficient (Wildman–Crippen LogP) is 3.19. The summed E-state index contributed by atoms with van der Waals surface area (Å²) in [6, 6.07) is 13.6. The summed E-state index contributed by atoms with van der Waals surface area (Å²) in [5.74, 6) is -1.71. The van der Waals surface area contributed by atoms with Crippen molar-refractivity contribution in [3.8, 4) is 0 Å². The normalized spacial score (nSPS) is 21.1. The molecule has 0 radical (unpaired) electrons. The molecule has 2 saturated heterocycles. The summed E-state index contributed by atoms with van der Waals surface area (Å²) < 4.78 is 26.6. The van der Waals surface area contributed by atoms with E-state index in [1.165, 1.54) is 6.07 Å². The van der Waals surface area contributed by atoms with Gasteiger partial charge in [-0.1, -0.05) is 24.3 Å². The minimum Gasteiger partial charge on any atom is -0.338 e. The molecule has 0 N–H and O–H groups in total. The highest BCUT2D eigenvalue weighted by molar-refractivity contribution is 5.95. The Morgan fingerprint density at radius 3 is 2.40 bits per heavy atom. The van der Waals surface area contributed by atoms with Crippen molar-refractivity contribution in [3.05, 3.63) is 65.7 Å². The molecule has 2 aromatic carbocycles. The molecule has 2 amide bonds. The fourth-order valence-electron chi connectivity index (χ4n) is 4.30. The maximum Gasteiger partial charge on any atom is 0.241 e. The number of hydrogen-bond acceptors (Lipinski definition) is 3. The quantitative estimate of drug-likeness (QED) is 0.773. The lowest BCUT2D eigenvalue weighted by Crippen LogP contribution is -2.53. The van der Waals surface area contributed by atoms with Gasteiger partial charge in [0.25, 0.3) is 0 Å². The lowest BCUT2D eigenvalue weighted by Gasteiger charge is -2.38. The van der Waals surface area contributed by atoms with Gasteiger partial charge in [-0.05, 0) is 42.7 Å². The molecule has 2 heterocycles. The molecule has 7 heteroatoms. The number of carbonyl (C=O) groups excluding carboxylic acids is 2. The van der Waals surface area contributed by atoms with E-state index < -0.39 is 11.6 Å². The lowest BCUT2D eigenvalue weighted by molar-refractivity contribution is -0.131. The Morgan fingerprint density at radius 1 is 0.867 bits per heavy atom. The summed E-state index contributed by atoms with van der Waals surface area (Å²) in [4.78, 5) is 31.0. The van der Waals surface area contributed by atoms with Crippen LogP contribution in [-0.4, -0.2) is 53.8 Å². The molecule has 158 valence electrons. The van der Waals surface area contributed by atoms with Crippen molar-refractivity contribution < 1.29 is 18.4 Å². The number of para-hydroxylation sites is 1. The van der Waals surface area contributed by atoms with Gasteiger partial charge in [0.15, 0.2) is 11.6 Å². The van der Waals surface area contributed by atoms with Crippen molar-refractivity contribution in [2.75, 3.05) is 31.1 Å². The van der Waals surface area contributed by atoms with Gasteiger partial charge in [0.05, 0.1) is 6.54 Å². The molecule has 0 bridgehead atoms. The van der Waals surface area contributed by atoms with Gasteiger partial charge in [0.1, 0.15) is 0 Å². The first-order chi connectivity index (χ1) is 14.5. The molecule has 2 aromatic rings. The Bertz CT molecular complexity index is 922. The molecule has 2 aliphatic rings. The van der Waals surface area contributed by atoms with Crippen molar-refractivity contribution in [1.29, 1.82) is 0 Å². The SMILES string of the molecule is O=C1CCC(N2CCN(c3ccccc3)C(=O)C2)CCN1Cc1ccc(F)c(F)c1. The zero-order valence-electron chi connectivity index (χ0n) is 16.8. The first-order valence-electron chi connectivity index (χ1n) is 10.3. The fraction of sp³-hybridized carbons (Fsp3) is 0.391. The summed E-state index contributed by atoms with van der Waals surface area (Å²) in [5.41, 5.74) is 1.49. The smallest absolute Gasteiger partial charge is 0.241 e. The number of nitrogens with zero attached hydrogens (tertiary/aromatic N) is 3. The van der Waals surface area contributed by atoms with Crippen LogP contribution < -0.4 is 4.90 Å². The predicted molar refractivity (Wildman–Crippen MR) is 110 cm³/mol. The Morgan fingerprint density at radius 2 is 1.67 bits per heavy atom. The van der Waals surface area contributed by atoms with Crippen LogP contribution in [0, 0.1) is 11.6 Å². The average molecular weight is 413 g/mol. The first-order valence-corrected chi connectivity index (χ1v) is 10.3. The van der Waals surface area contributed by atoms with Crippen molar-refractivity contribution in [3.63, 3.8) is 0 Å². The highest BCUT2D eigenvalue weighted by Gasteiger charge is 2.32. The Labute approximate surface area is 174 Å². The van der Waals surface area contributed by atoms with E-state index >= 15 is 0 Å². The molecule has 0 saturated carbocycles. The van der Waals surface area contributed by atoms with Gasteiger partial charge in [-0.25, -0.2) is 8.78 Å². The van der Waals surface area contributed by atoms with Crippen LogP contribution in [0.2, 0.25) is 0 Å². The maximum absolute atomic E-state index is 13.5. The zero-order chi connectivity index (χ0) is 21.1. The number of likely N-dealkylation sites (tertiary alicyclic amines) is 1. The van der Waals surface area contributed by atoms with Gasteiger partial charge in [-0.2, -0.15) is 0 Å². The third-order valence-electron chi connectivity index (χ3n) is 5.97. The van der Waals surface area contributed by atoms with Crippen LogP contribution in [0.1, 0.15) is 24.8 Å². The minimum atomic E-state index is -0.901. The summed E-state index contributed by atoms with van der Waals surface area (Å²) in [6.07, 6.45) is 1.85. The molecule has 2 aliphatic heterocycles. The van der Waals surface area contributed by atoms with Gasteiger partial charge < -0.3 is 9.80 Å². The van der Waals surface area contributed by atoms with Gasteiger partial charge in [-0.3, -0.25) is 14.5 Å². The van der Waals surface area contributed by atoms with E-state index in [1.807, 2.05) is 35.2 Å². The molecule has 1 unspecified atom stereocenters. The van der Waals surface area contributed by atoms with Gasteiger partial charge in [0, 0.05) is 44.3 Å². The monoisotopic (exact) mass is 413 g/mol. The molecule has 1 atom stereocenters. The molecule has 0 aromatic heterocycles. The molecular formula is C23H25F2N3O2. The maximum atomic E-state index is 13.5. The van der Waals surface area contributed by atoms with Crippen LogP contribution in [0.3, 0.4) is 0 Å². The van der Waals surface area contributed by atoms with Crippen molar-refractivity contribution >= 4 is 17.5 Å². The molecule has 5 nitrogen and oxygen atoms in total. The fourth-order valence-corrected chi connectivity index (χ4v) is 4.30. The first kappa shape index (κ1) is 20.5. The van der Waals surface area contributed by atoms with Crippen LogP contribution in [0.4, 0.5) is 14.5 Å². The number of halogens is 2. The van der Waals surface area contributed by atoms with E-state index in [-0.39, 0.29) is 24.4 Å². The summed E-state index contributed by atoms with van der Waals surface area (Å²) >= 11 is 0. The standard InChI is InChI=1S/C23H25F2N3O2/c24-20-8-6-17(14-21(20)25)15-27-11-10-18(7-9-22(27)29)26-12-13-28(23(30)16-26)19-4-2-1-3-5-19/h1-6,8,14,18H,7,9-13,15-16H2. The lowest BCUT2D eigenvalue weighted by atomic mass is 10.1. The Kier molecular flexibility index (Phi) is 6.08. The average Bonchev–Trinajstić information content (AvgIpc) is 2.93. The summed E-state index contributed by atoms with van der Waals surface area (Å²) in [6.45, 7) is 2.55. The Balaban J connectivity index is 1.36. The van der Waals surface area contributed by atoms with E-state index in [0.717, 1.165) is 30.8 Å². The molecule has 2 fully saturated rings. The van der Waals surface area contributed by atoms with E-state index in [2.05, 4.69) is 4.90 Å². The van der Waals surface area contributed by atoms with Crippen molar-refractivity contribution in [1.82, 2.24) is 9.80 Å². The van der Waals surface area contributed by atoms with E-state index in [4.69, 9.17) is 0 Å².